The summed E-state index contributed by atoms with van der Waals surface area (Å²) in [7, 11) is 0. The molecule has 0 aliphatic heterocycles. The molecule has 1 saturated carbocycles. The van der Waals surface area contributed by atoms with E-state index in [9.17, 15) is 5.11 Å². The minimum absolute atomic E-state index is 0.195. The van der Waals surface area contributed by atoms with Crippen LogP contribution >= 0.6 is 0 Å². The third-order valence-corrected chi connectivity index (χ3v) is 4.28. The Bertz CT molecular complexity index is 443. The normalized spacial score (nSPS) is 18.6. The smallest absolute Gasteiger partial charge is 0.0991 e. The van der Waals surface area contributed by atoms with E-state index in [0.29, 0.717) is 12.1 Å². The van der Waals surface area contributed by atoms with Gasteiger partial charge in [-0.2, -0.15) is 5.26 Å². The summed E-state index contributed by atoms with van der Waals surface area (Å²) < 4.78 is 0. The van der Waals surface area contributed by atoms with E-state index < -0.39 is 0 Å². The van der Waals surface area contributed by atoms with Gasteiger partial charge in [0.15, 0.2) is 0 Å². The van der Waals surface area contributed by atoms with E-state index >= 15 is 0 Å². The summed E-state index contributed by atoms with van der Waals surface area (Å²) in [6.45, 7) is 2.72. The number of aliphatic hydroxyl groups is 1. The first kappa shape index (κ1) is 15.0. The molecular weight excluding hydrogens is 248 g/mol. The Morgan fingerprint density at radius 3 is 2.55 bits per heavy atom. The summed E-state index contributed by atoms with van der Waals surface area (Å²) in [4.78, 5) is 0. The highest BCUT2D eigenvalue weighted by atomic mass is 16.3. The van der Waals surface area contributed by atoms with Gasteiger partial charge < -0.3 is 10.4 Å². The van der Waals surface area contributed by atoms with Gasteiger partial charge in [0.1, 0.15) is 0 Å². The van der Waals surface area contributed by atoms with Crippen molar-refractivity contribution < 1.29 is 5.11 Å². The van der Waals surface area contributed by atoms with Crippen molar-refractivity contribution in [1.29, 1.82) is 5.26 Å². The van der Waals surface area contributed by atoms with Crippen LogP contribution in [0.4, 0.5) is 0 Å². The highest BCUT2D eigenvalue weighted by Crippen LogP contribution is 2.28. The zero-order chi connectivity index (χ0) is 14.4. The average Bonchev–Trinajstić information content (AvgIpc) is 2.97. The summed E-state index contributed by atoms with van der Waals surface area (Å²) in [5.41, 5.74) is 1.83. The molecule has 1 aromatic rings. The number of hydrogen-bond acceptors (Lipinski definition) is 3. The lowest BCUT2D eigenvalue weighted by Gasteiger charge is -2.19. The van der Waals surface area contributed by atoms with Crippen molar-refractivity contribution in [2.45, 2.75) is 51.2 Å². The number of rotatable bonds is 6. The van der Waals surface area contributed by atoms with Gasteiger partial charge in [0.05, 0.1) is 17.7 Å². The number of hydrogen-bond donors (Lipinski definition) is 2. The lowest BCUT2D eigenvalue weighted by Crippen LogP contribution is -2.30. The van der Waals surface area contributed by atoms with E-state index in [-0.39, 0.29) is 12.1 Å². The zero-order valence-corrected chi connectivity index (χ0v) is 12.2. The molecule has 2 rings (SSSR count). The van der Waals surface area contributed by atoms with Crippen LogP contribution in [0.1, 0.15) is 56.2 Å². The SMILES string of the molecule is CC(NCC(O)CC1CCCC1)c1ccc(C#N)cc1. The molecule has 108 valence electrons. The predicted molar refractivity (Wildman–Crippen MR) is 80.2 cm³/mol. The Kier molecular flexibility index (Phi) is 5.58. The van der Waals surface area contributed by atoms with E-state index in [2.05, 4.69) is 18.3 Å². The van der Waals surface area contributed by atoms with Crippen LogP contribution in [-0.2, 0) is 0 Å². The van der Waals surface area contributed by atoms with Crippen molar-refractivity contribution in [2.24, 2.45) is 5.92 Å². The fourth-order valence-electron chi connectivity index (χ4n) is 2.99. The minimum Gasteiger partial charge on any atom is -0.392 e. The molecule has 0 amide bonds. The largest absolute Gasteiger partial charge is 0.392 e. The van der Waals surface area contributed by atoms with E-state index in [1.165, 1.54) is 25.7 Å². The summed E-state index contributed by atoms with van der Waals surface area (Å²) in [5, 5.41) is 22.2. The van der Waals surface area contributed by atoms with Gasteiger partial charge in [-0.05, 0) is 37.0 Å². The fraction of sp³-hybridized carbons (Fsp3) is 0.588. The Balaban J connectivity index is 1.75. The maximum absolute atomic E-state index is 10.1. The van der Waals surface area contributed by atoms with Crippen molar-refractivity contribution in [3.63, 3.8) is 0 Å². The summed E-state index contributed by atoms with van der Waals surface area (Å²) in [6.07, 6.45) is 5.88. The molecule has 0 radical (unpaired) electrons. The lowest BCUT2D eigenvalue weighted by atomic mass is 9.99. The quantitative estimate of drug-likeness (QED) is 0.836. The van der Waals surface area contributed by atoms with Crippen LogP contribution < -0.4 is 5.32 Å². The Morgan fingerprint density at radius 1 is 1.30 bits per heavy atom. The summed E-state index contributed by atoms with van der Waals surface area (Å²) in [6, 6.07) is 9.93. The van der Waals surface area contributed by atoms with Gasteiger partial charge in [-0.25, -0.2) is 0 Å². The first-order valence-corrected chi connectivity index (χ1v) is 7.60. The van der Waals surface area contributed by atoms with Gasteiger partial charge in [0.2, 0.25) is 0 Å². The van der Waals surface area contributed by atoms with Crippen LogP contribution in [-0.4, -0.2) is 17.8 Å². The molecule has 1 fully saturated rings. The average molecular weight is 272 g/mol. The van der Waals surface area contributed by atoms with Crippen molar-refractivity contribution in [1.82, 2.24) is 5.32 Å². The molecule has 1 aliphatic rings. The molecule has 3 nitrogen and oxygen atoms in total. The lowest BCUT2D eigenvalue weighted by molar-refractivity contribution is 0.137. The van der Waals surface area contributed by atoms with Crippen LogP contribution in [0.5, 0.6) is 0 Å². The van der Waals surface area contributed by atoms with E-state index in [0.717, 1.165) is 17.9 Å². The Labute approximate surface area is 121 Å². The second-order valence-electron chi connectivity index (χ2n) is 5.90. The molecule has 1 aromatic carbocycles. The molecular formula is C17H24N2O. The first-order chi connectivity index (χ1) is 9.69. The second-order valence-corrected chi connectivity index (χ2v) is 5.90. The van der Waals surface area contributed by atoms with Crippen molar-refractivity contribution in [3.8, 4) is 6.07 Å². The summed E-state index contributed by atoms with van der Waals surface area (Å²) in [5.74, 6) is 0.719. The topological polar surface area (TPSA) is 56.0 Å². The summed E-state index contributed by atoms with van der Waals surface area (Å²) >= 11 is 0. The number of nitriles is 1. The van der Waals surface area contributed by atoms with Gasteiger partial charge in [-0.15, -0.1) is 0 Å². The molecule has 0 aromatic heterocycles. The van der Waals surface area contributed by atoms with Crippen molar-refractivity contribution in [3.05, 3.63) is 35.4 Å². The van der Waals surface area contributed by atoms with E-state index in [4.69, 9.17) is 5.26 Å². The molecule has 0 heterocycles. The van der Waals surface area contributed by atoms with Crippen molar-refractivity contribution >= 4 is 0 Å². The second kappa shape index (κ2) is 7.42. The highest BCUT2D eigenvalue weighted by molar-refractivity contribution is 5.32. The predicted octanol–water partition coefficient (Wildman–Crippen LogP) is 3.15. The van der Waals surface area contributed by atoms with Gasteiger partial charge in [-0.1, -0.05) is 37.8 Å². The number of aliphatic hydroxyl groups excluding tert-OH is 1. The molecule has 2 N–H and O–H groups in total. The van der Waals surface area contributed by atoms with Crippen molar-refractivity contribution in [2.75, 3.05) is 6.54 Å². The molecule has 20 heavy (non-hydrogen) atoms. The van der Waals surface area contributed by atoms with Crippen LogP contribution in [0.15, 0.2) is 24.3 Å². The Morgan fingerprint density at radius 2 is 1.95 bits per heavy atom. The maximum atomic E-state index is 10.1. The molecule has 0 saturated heterocycles. The minimum atomic E-state index is -0.251. The van der Waals surface area contributed by atoms with Crippen LogP contribution in [0.25, 0.3) is 0 Å². The molecule has 2 atom stereocenters. The van der Waals surface area contributed by atoms with Gasteiger partial charge in [0, 0.05) is 12.6 Å². The van der Waals surface area contributed by atoms with E-state index in [1.807, 2.05) is 24.3 Å². The molecule has 1 aliphatic carbocycles. The highest BCUT2D eigenvalue weighted by Gasteiger charge is 2.19. The van der Waals surface area contributed by atoms with Crippen LogP contribution in [0.2, 0.25) is 0 Å². The third kappa shape index (κ3) is 4.33. The Hall–Kier alpha value is -1.37. The monoisotopic (exact) mass is 272 g/mol. The third-order valence-electron chi connectivity index (χ3n) is 4.28. The fourth-order valence-corrected chi connectivity index (χ4v) is 2.99. The van der Waals surface area contributed by atoms with Crippen LogP contribution in [0, 0.1) is 17.2 Å². The van der Waals surface area contributed by atoms with Gasteiger partial charge in [-0.3, -0.25) is 0 Å². The molecule has 2 unspecified atom stereocenters. The number of benzene rings is 1. The molecule has 0 spiro atoms. The van der Waals surface area contributed by atoms with E-state index in [1.54, 1.807) is 0 Å². The molecule has 3 heteroatoms. The first-order valence-electron chi connectivity index (χ1n) is 7.60. The maximum Gasteiger partial charge on any atom is 0.0991 e. The van der Waals surface area contributed by atoms with Gasteiger partial charge in [0.25, 0.3) is 0 Å². The van der Waals surface area contributed by atoms with Gasteiger partial charge >= 0.3 is 0 Å². The number of nitrogens with one attached hydrogen (secondary N) is 1. The number of nitrogens with zero attached hydrogens (tertiary/aromatic N) is 1. The van der Waals surface area contributed by atoms with Crippen LogP contribution in [0.3, 0.4) is 0 Å². The molecule has 0 bridgehead atoms. The zero-order valence-electron chi connectivity index (χ0n) is 12.2. The standard InChI is InChI=1S/C17H24N2O/c1-13(16-8-6-15(11-18)7-9-16)19-12-17(20)10-14-4-2-3-5-14/h6-9,13-14,17,19-20H,2-5,10,12H2,1H3.